The van der Waals surface area contributed by atoms with Gasteiger partial charge in [0, 0.05) is 36.9 Å². The summed E-state index contributed by atoms with van der Waals surface area (Å²) in [5, 5.41) is 0. The van der Waals surface area contributed by atoms with Crippen LogP contribution in [0.4, 0.5) is 0 Å². The number of carbonyl (C=O) groups is 1. The van der Waals surface area contributed by atoms with Crippen LogP contribution < -0.4 is 5.73 Å². The van der Waals surface area contributed by atoms with Crippen LogP contribution in [0.3, 0.4) is 0 Å². The molecule has 1 saturated carbocycles. The third-order valence-electron chi connectivity index (χ3n) is 4.28. The average molecular weight is 234 g/mol. The average Bonchev–Trinajstić information content (AvgIpc) is 2.83. The van der Waals surface area contributed by atoms with Crippen molar-refractivity contribution in [2.75, 3.05) is 13.1 Å². The first kappa shape index (κ1) is 10.8. The van der Waals surface area contributed by atoms with E-state index in [9.17, 15) is 4.79 Å². The number of rotatable bonds is 2. The first-order valence-corrected chi connectivity index (χ1v) is 6.21. The maximum absolute atomic E-state index is 12.1. The van der Waals surface area contributed by atoms with Crippen molar-refractivity contribution in [2.45, 2.75) is 31.7 Å². The van der Waals surface area contributed by atoms with E-state index in [4.69, 9.17) is 5.73 Å². The number of nitrogens with one attached hydrogen (secondary N) is 1. The molecule has 1 aromatic heterocycles. The summed E-state index contributed by atoms with van der Waals surface area (Å²) in [5.41, 5.74) is 6.39. The molecule has 2 aliphatic rings. The van der Waals surface area contributed by atoms with Gasteiger partial charge >= 0.3 is 0 Å². The molecule has 1 spiro atoms. The standard InChI is InChI=1S/C12H18N4O/c13-9-7-16(8-12(9)2-1-3-12)11(17)6-10-14-4-5-15-10/h4-5,9H,1-3,6-8,13H2,(H,14,15). The molecule has 1 saturated heterocycles. The molecular formula is C12H18N4O. The zero-order valence-corrected chi connectivity index (χ0v) is 9.85. The summed E-state index contributed by atoms with van der Waals surface area (Å²) in [6, 6.07) is 0.164. The molecule has 0 bridgehead atoms. The number of hydrogen-bond donors (Lipinski definition) is 2. The lowest BCUT2D eigenvalue weighted by Gasteiger charge is -2.41. The van der Waals surface area contributed by atoms with Crippen LogP contribution in [-0.4, -0.2) is 39.9 Å². The van der Waals surface area contributed by atoms with Crippen molar-refractivity contribution in [3.63, 3.8) is 0 Å². The Labute approximate surface area is 100 Å². The highest BCUT2D eigenvalue weighted by atomic mass is 16.2. The van der Waals surface area contributed by atoms with Gasteiger partial charge in [0.15, 0.2) is 0 Å². The molecule has 1 atom stereocenters. The van der Waals surface area contributed by atoms with Gasteiger partial charge in [-0.05, 0) is 12.8 Å². The normalized spacial score (nSPS) is 26.2. The second-order valence-corrected chi connectivity index (χ2v) is 5.31. The third kappa shape index (κ3) is 1.74. The molecule has 3 rings (SSSR count). The Balaban J connectivity index is 1.64. The summed E-state index contributed by atoms with van der Waals surface area (Å²) in [4.78, 5) is 21.0. The summed E-state index contributed by atoms with van der Waals surface area (Å²) >= 11 is 0. The fourth-order valence-corrected chi connectivity index (χ4v) is 2.99. The Morgan fingerprint density at radius 3 is 3.00 bits per heavy atom. The fourth-order valence-electron chi connectivity index (χ4n) is 2.99. The van der Waals surface area contributed by atoms with E-state index in [0.717, 1.165) is 12.4 Å². The highest BCUT2D eigenvalue weighted by Gasteiger charge is 2.49. The second-order valence-electron chi connectivity index (χ2n) is 5.31. The van der Waals surface area contributed by atoms with Gasteiger partial charge < -0.3 is 15.6 Å². The molecule has 5 heteroatoms. The van der Waals surface area contributed by atoms with Gasteiger partial charge in [0.05, 0.1) is 6.42 Å². The second kappa shape index (κ2) is 3.84. The molecule has 17 heavy (non-hydrogen) atoms. The molecule has 1 aromatic rings. The Bertz CT molecular complexity index is 410. The van der Waals surface area contributed by atoms with Crippen molar-refractivity contribution >= 4 is 5.91 Å². The highest BCUT2D eigenvalue weighted by molar-refractivity contribution is 5.78. The SMILES string of the molecule is NC1CN(C(=O)Cc2ncc[nH]2)CC12CCC2. The molecule has 1 amide bonds. The van der Waals surface area contributed by atoms with E-state index in [-0.39, 0.29) is 17.4 Å². The topological polar surface area (TPSA) is 75.0 Å². The summed E-state index contributed by atoms with van der Waals surface area (Å²) in [5.74, 6) is 0.873. The monoisotopic (exact) mass is 234 g/mol. The lowest BCUT2D eigenvalue weighted by Crippen LogP contribution is -2.45. The molecule has 1 aliphatic carbocycles. The van der Waals surface area contributed by atoms with Gasteiger partial charge in [0.25, 0.3) is 0 Å². The molecule has 2 fully saturated rings. The molecule has 0 aromatic carbocycles. The summed E-state index contributed by atoms with van der Waals surface area (Å²) in [6.07, 6.45) is 7.39. The minimum Gasteiger partial charge on any atom is -0.348 e. The van der Waals surface area contributed by atoms with Crippen molar-refractivity contribution in [1.29, 1.82) is 0 Å². The molecule has 0 radical (unpaired) electrons. The number of aromatic nitrogens is 2. The van der Waals surface area contributed by atoms with E-state index in [1.165, 1.54) is 19.3 Å². The number of carbonyl (C=O) groups excluding carboxylic acids is 1. The predicted octanol–water partition coefficient (Wildman–Crippen LogP) is 0.292. The molecule has 1 aliphatic heterocycles. The van der Waals surface area contributed by atoms with Crippen LogP contribution in [0.15, 0.2) is 12.4 Å². The quantitative estimate of drug-likeness (QED) is 0.772. The highest BCUT2D eigenvalue weighted by Crippen LogP contribution is 2.47. The zero-order valence-electron chi connectivity index (χ0n) is 9.85. The van der Waals surface area contributed by atoms with Crippen LogP contribution in [0.2, 0.25) is 0 Å². The van der Waals surface area contributed by atoms with Crippen LogP contribution in [-0.2, 0) is 11.2 Å². The van der Waals surface area contributed by atoms with E-state index >= 15 is 0 Å². The van der Waals surface area contributed by atoms with Crippen LogP contribution in [0.5, 0.6) is 0 Å². The number of hydrogen-bond acceptors (Lipinski definition) is 3. The molecule has 3 N–H and O–H groups in total. The van der Waals surface area contributed by atoms with Crippen molar-refractivity contribution in [1.82, 2.24) is 14.9 Å². The van der Waals surface area contributed by atoms with Gasteiger partial charge in [0.2, 0.25) is 5.91 Å². The molecule has 2 heterocycles. The Morgan fingerprint density at radius 1 is 1.65 bits per heavy atom. The van der Waals surface area contributed by atoms with Crippen molar-refractivity contribution in [2.24, 2.45) is 11.1 Å². The summed E-state index contributed by atoms with van der Waals surface area (Å²) in [6.45, 7) is 1.55. The smallest absolute Gasteiger partial charge is 0.230 e. The van der Waals surface area contributed by atoms with Gasteiger partial charge in [-0.1, -0.05) is 6.42 Å². The Hall–Kier alpha value is -1.36. The van der Waals surface area contributed by atoms with E-state index < -0.39 is 0 Å². The van der Waals surface area contributed by atoms with Crippen molar-refractivity contribution in [3.8, 4) is 0 Å². The van der Waals surface area contributed by atoms with Crippen LogP contribution in [0, 0.1) is 5.41 Å². The lowest BCUT2D eigenvalue weighted by molar-refractivity contribution is -0.130. The van der Waals surface area contributed by atoms with Crippen molar-refractivity contribution < 1.29 is 4.79 Å². The van der Waals surface area contributed by atoms with Gasteiger partial charge in [-0.3, -0.25) is 4.79 Å². The van der Waals surface area contributed by atoms with Crippen LogP contribution in [0.1, 0.15) is 25.1 Å². The van der Waals surface area contributed by atoms with Gasteiger partial charge in [-0.2, -0.15) is 0 Å². The van der Waals surface area contributed by atoms with Gasteiger partial charge in [-0.25, -0.2) is 4.98 Å². The minimum atomic E-state index is 0.138. The van der Waals surface area contributed by atoms with Crippen LogP contribution >= 0.6 is 0 Å². The number of aromatic amines is 1. The largest absolute Gasteiger partial charge is 0.348 e. The maximum Gasteiger partial charge on any atom is 0.230 e. The number of nitrogens with zero attached hydrogens (tertiary/aromatic N) is 2. The fraction of sp³-hybridized carbons (Fsp3) is 0.667. The molecular weight excluding hydrogens is 216 g/mol. The Kier molecular flexibility index (Phi) is 2.43. The number of imidazole rings is 1. The number of H-pyrrole nitrogens is 1. The van der Waals surface area contributed by atoms with Crippen molar-refractivity contribution in [3.05, 3.63) is 18.2 Å². The third-order valence-corrected chi connectivity index (χ3v) is 4.28. The predicted molar refractivity (Wildman–Crippen MR) is 63.1 cm³/mol. The number of likely N-dealkylation sites (tertiary alicyclic amines) is 1. The lowest BCUT2D eigenvalue weighted by atomic mass is 9.66. The van der Waals surface area contributed by atoms with E-state index in [2.05, 4.69) is 9.97 Å². The number of nitrogens with two attached hydrogens (primary N) is 1. The summed E-state index contributed by atoms with van der Waals surface area (Å²) < 4.78 is 0. The number of amides is 1. The molecule has 5 nitrogen and oxygen atoms in total. The molecule has 1 unspecified atom stereocenters. The maximum atomic E-state index is 12.1. The van der Waals surface area contributed by atoms with E-state index in [0.29, 0.717) is 13.0 Å². The first-order chi connectivity index (χ1) is 8.20. The summed E-state index contributed by atoms with van der Waals surface area (Å²) in [7, 11) is 0. The zero-order chi connectivity index (χ0) is 11.9. The van der Waals surface area contributed by atoms with E-state index in [1.807, 2.05) is 4.90 Å². The van der Waals surface area contributed by atoms with E-state index in [1.54, 1.807) is 12.4 Å². The Morgan fingerprint density at radius 2 is 2.47 bits per heavy atom. The van der Waals surface area contributed by atoms with Gasteiger partial charge in [0.1, 0.15) is 5.82 Å². The minimum absolute atomic E-state index is 0.138. The van der Waals surface area contributed by atoms with Gasteiger partial charge in [-0.15, -0.1) is 0 Å². The van der Waals surface area contributed by atoms with Crippen LogP contribution in [0.25, 0.3) is 0 Å². The molecule has 92 valence electrons. The first-order valence-electron chi connectivity index (χ1n) is 6.21.